The summed E-state index contributed by atoms with van der Waals surface area (Å²) in [4.78, 5) is 5.96. The molecule has 0 saturated carbocycles. The number of halogens is 2. The SMILES string of the molecule is CCC(F)(F)CN1CCC(O)(Cc2ccccn2)CC1. The maximum Gasteiger partial charge on any atom is 0.260 e. The van der Waals surface area contributed by atoms with Crippen LogP contribution in [0.25, 0.3) is 0 Å². The van der Waals surface area contributed by atoms with E-state index in [1.165, 1.54) is 6.92 Å². The molecule has 0 radical (unpaired) electrons. The van der Waals surface area contributed by atoms with Crippen LogP contribution in [0.5, 0.6) is 0 Å². The number of alkyl halides is 2. The zero-order chi connectivity index (χ0) is 14.6. The van der Waals surface area contributed by atoms with Gasteiger partial charge in [0, 0.05) is 37.8 Å². The quantitative estimate of drug-likeness (QED) is 0.902. The summed E-state index contributed by atoms with van der Waals surface area (Å²) >= 11 is 0. The van der Waals surface area contributed by atoms with Crippen molar-refractivity contribution in [3.05, 3.63) is 30.1 Å². The molecule has 1 fully saturated rings. The van der Waals surface area contributed by atoms with Gasteiger partial charge >= 0.3 is 0 Å². The summed E-state index contributed by atoms with van der Waals surface area (Å²) in [5, 5.41) is 10.5. The number of hydrogen-bond donors (Lipinski definition) is 1. The van der Waals surface area contributed by atoms with E-state index in [1.54, 1.807) is 11.1 Å². The minimum atomic E-state index is -2.63. The third-order valence-corrected chi connectivity index (χ3v) is 4.00. The topological polar surface area (TPSA) is 36.4 Å². The standard InChI is InChI=1S/C15H22F2N2O/c1-2-15(16,17)12-19-9-6-14(20,7-10-19)11-13-5-3-4-8-18-13/h3-5,8,20H,2,6-7,9-12H2,1H3. The van der Waals surface area contributed by atoms with Crippen molar-refractivity contribution in [3.63, 3.8) is 0 Å². The van der Waals surface area contributed by atoms with Gasteiger partial charge in [0.15, 0.2) is 0 Å². The van der Waals surface area contributed by atoms with E-state index in [4.69, 9.17) is 0 Å². The second-order valence-electron chi connectivity index (χ2n) is 5.71. The molecule has 1 aliphatic rings. The van der Waals surface area contributed by atoms with Crippen LogP contribution in [0.4, 0.5) is 8.78 Å². The predicted molar refractivity (Wildman–Crippen MR) is 73.8 cm³/mol. The Morgan fingerprint density at radius 1 is 1.35 bits per heavy atom. The first-order valence-corrected chi connectivity index (χ1v) is 7.15. The molecule has 0 amide bonds. The molecule has 2 rings (SSSR count). The molecule has 1 aliphatic heterocycles. The Balaban J connectivity index is 1.87. The summed E-state index contributed by atoms with van der Waals surface area (Å²) in [6.45, 7) is 2.32. The average Bonchev–Trinajstić information content (AvgIpc) is 2.43. The minimum Gasteiger partial charge on any atom is -0.389 e. The van der Waals surface area contributed by atoms with Crippen molar-refractivity contribution in [1.29, 1.82) is 0 Å². The van der Waals surface area contributed by atoms with E-state index in [0.717, 1.165) is 5.69 Å². The monoisotopic (exact) mass is 284 g/mol. The van der Waals surface area contributed by atoms with Crippen LogP contribution >= 0.6 is 0 Å². The van der Waals surface area contributed by atoms with Gasteiger partial charge in [-0.3, -0.25) is 9.88 Å². The zero-order valence-corrected chi connectivity index (χ0v) is 11.9. The molecule has 0 bridgehead atoms. The van der Waals surface area contributed by atoms with E-state index in [9.17, 15) is 13.9 Å². The number of piperidine rings is 1. The first-order valence-electron chi connectivity index (χ1n) is 7.15. The van der Waals surface area contributed by atoms with Crippen molar-refractivity contribution in [1.82, 2.24) is 9.88 Å². The third-order valence-electron chi connectivity index (χ3n) is 4.00. The molecular weight excluding hydrogens is 262 g/mol. The fourth-order valence-electron chi connectivity index (χ4n) is 2.58. The van der Waals surface area contributed by atoms with E-state index < -0.39 is 11.5 Å². The Morgan fingerprint density at radius 3 is 2.60 bits per heavy atom. The molecule has 5 heteroatoms. The van der Waals surface area contributed by atoms with E-state index >= 15 is 0 Å². The molecule has 0 aliphatic carbocycles. The van der Waals surface area contributed by atoms with Gasteiger partial charge in [-0.05, 0) is 25.0 Å². The van der Waals surface area contributed by atoms with E-state index in [-0.39, 0.29) is 13.0 Å². The zero-order valence-electron chi connectivity index (χ0n) is 11.9. The highest BCUT2D eigenvalue weighted by Crippen LogP contribution is 2.28. The van der Waals surface area contributed by atoms with Crippen LogP contribution in [0.2, 0.25) is 0 Å². The number of likely N-dealkylation sites (tertiary alicyclic amines) is 1. The molecule has 1 aromatic rings. The summed E-state index contributed by atoms with van der Waals surface area (Å²) in [6, 6.07) is 5.61. The lowest BCUT2D eigenvalue weighted by molar-refractivity contribution is -0.0694. The summed E-state index contributed by atoms with van der Waals surface area (Å²) in [5.74, 6) is -2.63. The lowest BCUT2D eigenvalue weighted by Crippen LogP contribution is -2.48. The van der Waals surface area contributed by atoms with Gasteiger partial charge in [0.05, 0.1) is 12.1 Å². The van der Waals surface area contributed by atoms with Crippen LogP contribution in [0.1, 0.15) is 31.9 Å². The first kappa shape index (κ1) is 15.3. The van der Waals surface area contributed by atoms with Crippen molar-refractivity contribution >= 4 is 0 Å². The Hall–Kier alpha value is -1.07. The molecule has 1 N–H and O–H groups in total. The smallest absolute Gasteiger partial charge is 0.260 e. The normalized spacial score (nSPS) is 20.0. The van der Waals surface area contributed by atoms with Gasteiger partial charge in [-0.15, -0.1) is 0 Å². The van der Waals surface area contributed by atoms with Crippen LogP contribution < -0.4 is 0 Å². The first-order chi connectivity index (χ1) is 9.42. The Bertz CT molecular complexity index is 417. The summed E-state index contributed by atoms with van der Waals surface area (Å²) in [7, 11) is 0. The Kier molecular flexibility index (Phi) is 4.70. The molecule has 20 heavy (non-hydrogen) atoms. The van der Waals surface area contributed by atoms with Crippen LogP contribution in [-0.4, -0.2) is 46.1 Å². The van der Waals surface area contributed by atoms with E-state index in [0.29, 0.717) is 32.4 Å². The van der Waals surface area contributed by atoms with Gasteiger partial charge in [-0.1, -0.05) is 13.0 Å². The van der Waals surface area contributed by atoms with Gasteiger partial charge < -0.3 is 5.11 Å². The lowest BCUT2D eigenvalue weighted by atomic mass is 9.86. The number of hydrogen-bond acceptors (Lipinski definition) is 3. The molecule has 3 nitrogen and oxygen atoms in total. The second kappa shape index (κ2) is 6.14. The second-order valence-corrected chi connectivity index (χ2v) is 5.71. The Labute approximate surface area is 118 Å². The summed E-state index contributed by atoms with van der Waals surface area (Å²) in [5.41, 5.74) is 0.0362. The van der Waals surface area contributed by atoms with Gasteiger partial charge in [-0.25, -0.2) is 8.78 Å². The van der Waals surface area contributed by atoms with E-state index in [2.05, 4.69) is 4.98 Å². The van der Waals surface area contributed by atoms with Crippen molar-refractivity contribution in [3.8, 4) is 0 Å². The molecular formula is C15H22F2N2O. The number of rotatable bonds is 5. The fraction of sp³-hybridized carbons (Fsp3) is 0.667. The van der Waals surface area contributed by atoms with Gasteiger partial charge in [-0.2, -0.15) is 0 Å². The van der Waals surface area contributed by atoms with Crippen molar-refractivity contribution < 1.29 is 13.9 Å². The van der Waals surface area contributed by atoms with Crippen LogP contribution in [0.15, 0.2) is 24.4 Å². The molecule has 0 spiro atoms. The molecule has 1 aromatic heterocycles. The molecule has 0 atom stereocenters. The lowest BCUT2D eigenvalue weighted by Gasteiger charge is -2.39. The van der Waals surface area contributed by atoms with Gasteiger partial charge in [0.25, 0.3) is 5.92 Å². The van der Waals surface area contributed by atoms with Crippen LogP contribution in [0.3, 0.4) is 0 Å². The summed E-state index contributed by atoms with van der Waals surface area (Å²) in [6.07, 6.45) is 3.09. The number of aromatic nitrogens is 1. The minimum absolute atomic E-state index is 0.137. The number of aliphatic hydroxyl groups is 1. The molecule has 0 unspecified atom stereocenters. The van der Waals surface area contributed by atoms with Crippen molar-refractivity contribution in [2.45, 2.75) is 44.1 Å². The van der Waals surface area contributed by atoms with Gasteiger partial charge in [0.1, 0.15) is 0 Å². The highest BCUT2D eigenvalue weighted by molar-refractivity contribution is 5.08. The molecule has 0 aromatic carbocycles. The maximum absolute atomic E-state index is 13.4. The van der Waals surface area contributed by atoms with Crippen LogP contribution in [0, 0.1) is 0 Å². The van der Waals surface area contributed by atoms with Crippen molar-refractivity contribution in [2.24, 2.45) is 0 Å². The maximum atomic E-state index is 13.4. The van der Waals surface area contributed by atoms with Crippen molar-refractivity contribution in [2.75, 3.05) is 19.6 Å². The molecule has 112 valence electrons. The fourth-order valence-corrected chi connectivity index (χ4v) is 2.58. The van der Waals surface area contributed by atoms with Crippen LogP contribution in [-0.2, 0) is 6.42 Å². The summed E-state index contributed by atoms with van der Waals surface area (Å²) < 4.78 is 26.7. The average molecular weight is 284 g/mol. The molecule has 2 heterocycles. The van der Waals surface area contributed by atoms with E-state index in [1.807, 2.05) is 18.2 Å². The highest BCUT2D eigenvalue weighted by Gasteiger charge is 2.36. The third kappa shape index (κ3) is 4.21. The predicted octanol–water partition coefficient (Wildman–Crippen LogP) is 2.50. The number of pyridine rings is 1. The Morgan fingerprint density at radius 2 is 2.05 bits per heavy atom. The number of nitrogens with zero attached hydrogens (tertiary/aromatic N) is 2. The van der Waals surface area contributed by atoms with Gasteiger partial charge in [0.2, 0.25) is 0 Å². The largest absolute Gasteiger partial charge is 0.389 e. The molecule has 1 saturated heterocycles. The highest BCUT2D eigenvalue weighted by atomic mass is 19.3.